The monoisotopic (exact) mass is 280 g/mol. The molecule has 1 aromatic carbocycles. The summed E-state index contributed by atoms with van der Waals surface area (Å²) >= 11 is 0. The smallest absolute Gasteiger partial charge is 0.271 e. The molecule has 0 aliphatic carbocycles. The van der Waals surface area contributed by atoms with Crippen LogP contribution in [0.3, 0.4) is 0 Å². The lowest BCUT2D eigenvalue weighted by Gasteiger charge is -2.18. The Kier molecular flexibility index (Phi) is 4.24. The van der Waals surface area contributed by atoms with Crippen LogP contribution in [0.2, 0.25) is 0 Å². The van der Waals surface area contributed by atoms with E-state index in [-0.39, 0.29) is 5.96 Å². The van der Waals surface area contributed by atoms with Crippen molar-refractivity contribution in [2.75, 3.05) is 27.3 Å². The number of hydrogen-bond donors (Lipinski definition) is 1. The Bertz CT molecular complexity index is 532. The van der Waals surface area contributed by atoms with E-state index < -0.39 is 5.03 Å². The van der Waals surface area contributed by atoms with Crippen molar-refractivity contribution in [3.8, 4) is 11.5 Å². The molecule has 1 aromatic rings. The van der Waals surface area contributed by atoms with Crippen molar-refractivity contribution < 1.29 is 14.5 Å². The fourth-order valence-electron chi connectivity index (χ4n) is 2.13. The summed E-state index contributed by atoms with van der Waals surface area (Å²) in [6.45, 7) is 1.73. The van der Waals surface area contributed by atoms with Crippen molar-refractivity contribution in [1.82, 2.24) is 10.2 Å². The molecular weight excluding hydrogens is 264 g/mol. The number of hydrogen-bond acceptors (Lipinski definition) is 4. The molecule has 2 rings (SSSR count). The highest BCUT2D eigenvalue weighted by Crippen LogP contribution is 2.31. The van der Waals surface area contributed by atoms with Crippen molar-refractivity contribution in [2.45, 2.75) is 6.54 Å². The molecule has 0 atom stereocenters. The van der Waals surface area contributed by atoms with Crippen LogP contribution in [0.4, 0.5) is 0 Å². The molecule has 108 valence electrons. The van der Waals surface area contributed by atoms with Gasteiger partial charge < -0.3 is 19.7 Å². The molecule has 0 amide bonds. The Balaban J connectivity index is 2.23. The van der Waals surface area contributed by atoms with Crippen LogP contribution in [0.25, 0.3) is 0 Å². The highest BCUT2D eigenvalue weighted by atomic mass is 16.7. The lowest BCUT2D eigenvalue weighted by molar-refractivity contribution is -0.485. The molecule has 8 heteroatoms. The molecule has 0 spiro atoms. The molecule has 1 N–H and O–H groups in total. The van der Waals surface area contributed by atoms with E-state index in [9.17, 15) is 10.1 Å². The van der Waals surface area contributed by atoms with Gasteiger partial charge in [-0.3, -0.25) is 0 Å². The lowest BCUT2D eigenvalue weighted by atomic mass is 10.1. The Morgan fingerprint density at radius 1 is 1.45 bits per heavy atom. The van der Waals surface area contributed by atoms with E-state index in [1.165, 1.54) is 0 Å². The topological polar surface area (TPSA) is 89.2 Å². The van der Waals surface area contributed by atoms with E-state index >= 15 is 0 Å². The summed E-state index contributed by atoms with van der Waals surface area (Å²) in [6.07, 6.45) is 0. The lowest BCUT2D eigenvalue weighted by Crippen LogP contribution is -2.30. The van der Waals surface area contributed by atoms with Crippen molar-refractivity contribution in [3.63, 3.8) is 0 Å². The third-order valence-electron chi connectivity index (χ3n) is 2.99. The van der Waals surface area contributed by atoms with Gasteiger partial charge in [-0.15, -0.1) is 0 Å². The van der Waals surface area contributed by atoms with Gasteiger partial charge in [-0.05, 0) is 6.07 Å². The molecular formula is C12H16N4O4. The van der Waals surface area contributed by atoms with Gasteiger partial charge in [0.1, 0.15) is 5.10 Å². The average molecular weight is 280 g/mol. The van der Waals surface area contributed by atoms with Gasteiger partial charge in [0.25, 0.3) is 5.96 Å². The molecule has 1 aliphatic heterocycles. The van der Waals surface area contributed by atoms with E-state index in [1.807, 2.05) is 12.1 Å². The van der Waals surface area contributed by atoms with E-state index in [0.717, 1.165) is 5.56 Å². The second-order valence-corrected chi connectivity index (χ2v) is 4.16. The average Bonchev–Trinajstić information content (AvgIpc) is 2.85. The van der Waals surface area contributed by atoms with E-state index in [0.29, 0.717) is 31.1 Å². The van der Waals surface area contributed by atoms with Crippen molar-refractivity contribution in [2.24, 2.45) is 5.10 Å². The molecule has 0 unspecified atom stereocenters. The Hall–Kier alpha value is -2.51. The first-order valence-corrected chi connectivity index (χ1v) is 6.07. The largest absolute Gasteiger partial charge is 0.493 e. The number of benzene rings is 1. The highest BCUT2D eigenvalue weighted by molar-refractivity contribution is 5.81. The molecule has 1 saturated heterocycles. The van der Waals surface area contributed by atoms with Gasteiger partial charge in [-0.1, -0.05) is 12.1 Å². The summed E-state index contributed by atoms with van der Waals surface area (Å²) in [5.41, 5.74) is 0.881. The molecule has 0 bridgehead atoms. The molecule has 0 radical (unpaired) electrons. The Labute approximate surface area is 116 Å². The summed E-state index contributed by atoms with van der Waals surface area (Å²) in [4.78, 5) is 12.3. The zero-order valence-electron chi connectivity index (χ0n) is 11.3. The zero-order chi connectivity index (χ0) is 14.5. The standard InChI is InChI=1S/C12H16N4O4/c1-19-10-5-3-4-9(11(10)20-2)8-15-7-6-13-12(15)14-16(17)18/h3-5H,6-8H2,1-2H3,(H,13,14). The first-order chi connectivity index (χ1) is 9.65. The fourth-order valence-corrected chi connectivity index (χ4v) is 2.13. The number of ether oxygens (including phenoxy) is 2. The number of guanidine groups is 1. The quantitative estimate of drug-likeness (QED) is 0.629. The van der Waals surface area contributed by atoms with Gasteiger partial charge in [-0.2, -0.15) is 0 Å². The molecule has 1 aliphatic rings. The maximum absolute atomic E-state index is 10.5. The van der Waals surface area contributed by atoms with Crippen LogP contribution in [-0.4, -0.2) is 43.2 Å². The van der Waals surface area contributed by atoms with Gasteiger partial charge >= 0.3 is 0 Å². The minimum absolute atomic E-state index is 0.264. The number of methoxy groups -OCH3 is 2. The number of rotatable bonds is 5. The number of para-hydroxylation sites is 1. The SMILES string of the molecule is COc1cccc(CN2CCN/C2=N\[N+](=O)[O-])c1OC. The number of nitro groups is 1. The van der Waals surface area contributed by atoms with Crippen LogP contribution in [-0.2, 0) is 6.54 Å². The van der Waals surface area contributed by atoms with E-state index in [1.54, 1.807) is 25.2 Å². The highest BCUT2D eigenvalue weighted by Gasteiger charge is 2.23. The van der Waals surface area contributed by atoms with Gasteiger partial charge in [0.05, 0.1) is 14.2 Å². The Morgan fingerprint density at radius 3 is 2.90 bits per heavy atom. The maximum atomic E-state index is 10.5. The van der Waals surface area contributed by atoms with Gasteiger partial charge in [0, 0.05) is 25.2 Å². The summed E-state index contributed by atoms with van der Waals surface area (Å²) in [6, 6.07) is 5.55. The van der Waals surface area contributed by atoms with Crippen molar-refractivity contribution in [1.29, 1.82) is 0 Å². The molecule has 1 fully saturated rings. The first kappa shape index (κ1) is 13.9. The van der Waals surface area contributed by atoms with Crippen LogP contribution in [0.5, 0.6) is 11.5 Å². The minimum atomic E-state index is -0.705. The van der Waals surface area contributed by atoms with Gasteiger partial charge in [-0.25, -0.2) is 10.1 Å². The molecule has 8 nitrogen and oxygen atoms in total. The predicted octanol–water partition coefficient (Wildman–Crippen LogP) is 0.657. The third kappa shape index (κ3) is 2.90. The number of nitrogens with one attached hydrogen (secondary N) is 1. The van der Waals surface area contributed by atoms with Crippen LogP contribution < -0.4 is 14.8 Å². The van der Waals surface area contributed by atoms with E-state index in [2.05, 4.69) is 10.4 Å². The molecule has 0 aromatic heterocycles. The fraction of sp³-hybridized carbons (Fsp3) is 0.417. The summed E-state index contributed by atoms with van der Waals surface area (Å²) < 4.78 is 10.6. The molecule has 0 saturated carbocycles. The summed E-state index contributed by atoms with van der Waals surface area (Å²) in [5.74, 6) is 1.52. The number of hydrazone groups is 1. The van der Waals surface area contributed by atoms with E-state index in [4.69, 9.17) is 9.47 Å². The zero-order valence-corrected chi connectivity index (χ0v) is 11.3. The predicted molar refractivity (Wildman–Crippen MR) is 72.4 cm³/mol. The minimum Gasteiger partial charge on any atom is -0.493 e. The summed E-state index contributed by atoms with van der Waals surface area (Å²) in [5, 5.41) is 16.0. The number of nitrogens with zero attached hydrogens (tertiary/aromatic N) is 3. The van der Waals surface area contributed by atoms with Crippen LogP contribution in [0.1, 0.15) is 5.56 Å². The van der Waals surface area contributed by atoms with Gasteiger partial charge in [0.2, 0.25) is 0 Å². The Morgan fingerprint density at radius 2 is 2.25 bits per heavy atom. The molecule has 1 heterocycles. The second-order valence-electron chi connectivity index (χ2n) is 4.16. The second kappa shape index (κ2) is 6.09. The summed E-state index contributed by atoms with van der Waals surface area (Å²) in [7, 11) is 3.13. The maximum Gasteiger partial charge on any atom is 0.271 e. The van der Waals surface area contributed by atoms with Crippen molar-refractivity contribution in [3.05, 3.63) is 33.9 Å². The van der Waals surface area contributed by atoms with Crippen molar-refractivity contribution >= 4 is 5.96 Å². The van der Waals surface area contributed by atoms with Crippen LogP contribution >= 0.6 is 0 Å². The van der Waals surface area contributed by atoms with Crippen LogP contribution in [0, 0.1) is 10.1 Å². The first-order valence-electron chi connectivity index (χ1n) is 6.07. The molecule has 20 heavy (non-hydrogen) atoms. The normalized spacial score (nSPS) is 16.1. The van der Waals surface area contributed by atoms with Crippen LogP contribution in [0.15, 0.2) is 23.3 Å². The van der Waals surface area contributed by atoms with Gasteiger partial charge in [0.15, 0.2) is 16.5 Å². The third-order valence-corrected chi connectivity index (χ3v) is 2.99.